The number of anilines is 1. The third-order valence-electron chi connectivity index (χ3n) is 3.23. The number of rotatable bonds is 5. The number of hydrogen-bond donors (Lipinski definition) is 1. The highest BCUT2D eigenvalue weighted by Gasteiger charge is 2.13. The molecule has 0 atom stereocenters. The Bertz CT molecular complexity index is 588. The van der Waals surface area contributed by atoms with Gasteiger partial charge in [0.2, 0.25) is 0 Å². The van der Waals surface area contributed by atoms with Crippen LogP contribution in [0.1, 0.15) is 26.3 Å². The van der Waals surface area contributed by atoms with E-state index in [9.17, 15) is 0 Å². The van der Waals surface area contributed by atoms with Crippen molar-refractivity contribution in [1.82, 2.24) is 0 Å². The second-order valence-corrected chi connectivity index (χ2v) is 6.01. The molecule has 0 spiro atoms. The lowest BCUT2D eigenvalue weighted by molar-refractivity contribution is 0.217. The van der Waals surface area contributed by atoms with E-state index in [0.29, 0.717) is 24.7 Å². The quantitative estimate of drug-likeness (QED) is 0.666. The zero-order chi connectivity index (χ0) is 15.3. The van der Waals surface area contributed by atoms with E-state index in [2.05, 4.69) is 32.9 Å². The molecule has 0 bridgehead atoms. The van der Waals surface area contributed by atoms with E-state index in [-0.39, 0.29) is 5.41 Å². The summed E-state index contributed by atoms with van der Waals surface area (Å²) in [4.78, 5) is 0. The summed E-state index contributed by atoms with van der Waals surface area (Å²) in [5.74, 6) is 1.57. The third-order valence-corrected chi connectivity index (χ3v) is 3.23. The minimum absolute atomic E-state index is 0.119. The van der Waals surface area contributed by atoms with Gasteiger partial charge in [-0.2, -0.15) is 0 Å². The molecule has 0 aliphatic carbocycles. The Hall–Kier alpha value is -2.16. The summed E-state index contributed by atoms with van der Waals surface area (Å²) >= 11 is 0. The van der Waals surface area contributed by atoms with Crippen LogP contribution in [0.3, 0.4) is 0 Å². The average molecular weight is 285 g/mol. The summed E-state index contributed by atoms with van der Waals surface area (Å²) in [5.41, 5.74) is 7.84. The lowest BCUT2D eigenvalue weighted by Gasteiger charge is -2.19. The van der Waals surface area contributed by atoms with Gasteiger partial charge < -0.3 is 15.2 Å². The van der Waals surface area contributed by atoms with Crippen molar-refractivity contribution in [3.63, 3.8) is 0 Å². The Morgan fingerprint density at radius 3 is 2.33 bits per heavy atom. The fraction of sp³-hybridized carbons (Fsp3) is 0.333. The van der Waals surface area contributed by atoms with Crippen LogP contribution >= 0.6 is 0 Å². The van der Waals surface area contributed by atoms with Gasteiger partial charge in [-0.1, -0.05) is 45.0 Å². The van der Waals surface area contributed by atoms with Gasteiger partial charge in [0.15, 0.2) is 0 Å². The second kappa shape index (κ2) is 6.53. The van der Waals surface area contributed by atoms with Crippen LogP contribution in [0.25, 0.3) is 0 Å². The van der Waals surface area contributed by atoms with Gasteiger partial charge >= 0.3 is 0 Å². The zero-order valence-corrected chi connectivity index (χ0v) is 12.9. The summed E-state index contributed by atoms with van der Waals surface area (Å²) in [6.45, 7) is 7.52. The molecule has 0 fully saturated rings. The Kier molecular flexibility index (Phi) is 4.73. The van der Waals surface area contributed by atoms with Gasteiger partial charge in [0.25, 0.3) is 0 Å². The number of hydrogen-bond acceptors (Lipinski definition) is 3. The first-order valence-electron chi connectivity index (χ1n) is 7.17. The fourth-order valence-electron chi connectivity index (χ4n) is 1.98. The zero-order valence-electron chi connectivity index (χ0n) is 12.9. The molecular formula is C18H23NO2. The molecule has 3 nitrogen and oxygen atoms in total. The largest absolute Gasteiger partial charge is 0.490 e. The van der Waals surface area contributed by atoms with Gasteiger partial charge in [-0.15, -0.1) is 0 Å². The fourth-order valence-corrected chi connectivity index (χ4v) is 1.98. The van der Waals surface area contributed by atoms with Crippen LogP contribution in [-0.4, -0.2) is 13.2 Å². The summed E-state index contributed by atoms with van der Waals surface area (Å²) in [5, 5.41) is 0. The second-order valence-electron chi connectivity index (χ2n) is 6.01. The highest BCUT2D eigenvalue weighted by atomic mass is 16.5. The van der Waals surface area contributed by atoms with Gasteiger partial charge in [-0.05, 0) is 35.2 Å². The van der Waals surface area contributed by atoms with Crippen molar-refractivity contribution in [1.29, 1.82) is 0 Å². The van der Waals surface area contributed by atoms with E-state index in [1.807, 2.05) is 36.4 Å². The molecule has 2 aromatic carbocycles. The first-order valence-corrected chi connectivity index (χ1v) is 7.17. The molecule has 0 unspecified atom stereocenters. The van der Waals surface area contributed by atoms with E-state index in [0.717, 1.165) is 5.75 Å². The van der Waals surface area contributed by atoms with Gasteiger partial charge in [0.1, 0.15) is 24.7 Å². The van der Waals surface area contributed by atoms with Crippen LogP contribution in [-0.2, 0) is 5.41 Å². The molecule has 0 aliphatic rings. The van der Waals surface area contributed by atoms with Crippen LogP contribution in [0.2, 0.25) is 0 Å². The van der Waals surface area contributed by atoms with Gasteiger partial charge in [0, 0.05) is 0 Å². The van der Waals surface area contributed by atoms with E-state index >= 15 is 0 Å². The highest BCUT2D eigenvalue weighted by molar-refractivity contribution is 5.51. The molecule has 0 aliphatic heterocycles. The number of nitrogens with two attached hydrogens (primary N) is 1. The van der Waals surface area contributed by atoms with Crippen molar-refractivity contribution in [2.45, 2.75) is 26.2 Å². The number of ether oxygens (including phenoxy) is 2. The van der Waals surface area contributed by atoms with Crippen LogP contribution in [0.15, 0.2) is 48.5 Å². The lowest BCUT2D eigenvalue weighted by Crippen LogP contribution is -2.12. The number of benzene rings is 2. The standard InChI is InChI=1S/C18H23NO2/c1-18(2,3)14-7-6-8-15(13-14)20-11-12-21-17-10-5-4-9-16(17)19/h4-10,13H,11-12,19H2,1-3H3. The summed E-state index contributed by atoms with van der Waals surface area (Å²) in [7, 11) is 0. The maximum atomic E-state index is 5.82. The predicted molar refractivity (Wildman–Crippen MR) is 87.0 cm³/mol. The molecular weight excluding hydrogens is 262 g/mol. The molecule has 2 N–H and O–H groups in total. The number of para-hydroxylation sites is 2. The SMILES string of the molecule is CC(C)(C)c1cccc(OCCOc2ccccc2N)c1. The first kappa shape index (κ1) is 15.2. The van der Waals surface area contributed by atoms with Crippen molar-refractivity contribution >= 4 is 5.69 Å². The third kappa shape index (κ3) is 4.42. The summed E-state index contributed by atoms with van der Waals surface area (Å²) in [6, 6.07) is 15.7. The minimum Gasteiger partial charge on any atom is -0.490 e. The molecule has 2 aromatic rings. The smallest absolute Gasteiger partial charge is 0.142 e. The van der Waals surface area contributed by atoms with E-state index in [1.54, 1.807) is 0 Å². The highest BCUT2D eigenvalue weighted by Crippen LogP contribution is 2.25. The molecule has 0 aromatic heterocycles. The maximum absolute atomic E-state index is 5.82. The molecule has 0 amide bonds. The predicted octanol–water partition coefficient (Wildman–Crippen LogP) is 4.02. The summed E-state index contributed by atoms with van der Waals surface area (Å²) < 4.78 is 11.3. The Morgan fingerprint density at radius 2 is 1.62 bits per heavy atom. The van der Waals surface area contributed by atoms with Crippen LogP contribution < -0.4 is 15.2 Å². The van der Waals surface area contributed by atoms with Crippen LogP contribution in [0, 0.1) is 0 Å². The topological polar surface area (TPSA) is 44.5 Å². The lowest BCUT2D eigenvalue weighted by atomic mass is 9.87. The Labute approximate surface area is 126 Å². The molecule has 0 radical (unpaired) electrons. The van der Waals surface area contributed by atoms with E-state index < -0.39 is 0 Å². The number of nitrogen functional groups attached to an aromatic ring is 1. The normalized spacial score (nSPS) is 11.2. The van der Waals surface area contributed by atoms with Crippen LogP contribution in [0.4, 0.5) is 5.69 Å². The molecule has 2 rings (SSSR count). The van der Waals surface area contributed by atoms with Crippen molar-refractivity contribution < 1.29 is 9.47 Å². The molecule has 3 heteroatoms. The summed E-state index contributed by atoms with van der Waals surface area (Å²) in [6.07, 6.45) is 0. The van der Waals surface area contributed by atoms with Crippen molar-refractivity contribution in [2.24, 2.45) is 0 Å². The minimum atomic E-state index is 0.119. The van der Waals surface area contributed by atoms with E-state index in [4.69, 9.17) is 15.2 Å². The molecule has 0 saturated heterocycles. The molecule has 0 heterocycles. The monoisotopic (exact) mass is 285 g/mol. The van der Waals surface area contributed by atoms with Gasteiger partial charge in [-0.3, -0.25) is 0 Å². The first-order chi connectivity index (χ1) is 9.97. The Morgan fingerprint density at radius 1 is 0.905 bits per heavy atom. The van der Waals surface area contributed by atoms with Crippen LogP contribution in [0.5, 0.6) is 11.5 Å². The van der Waals surface area contributed by atoms with Gasteiger partial charge in [-0.25, -0.2) is 0 Å². The molecule has 21 heavy (non-hydrogen) atoms. The molecule has 0 saturated carbocycles. The van der Waals surface area contributed by atoms with E-state index in [1.165, 1.54) is 5.56 Å². The van der Waals surface area contributed by atoms with Crippen molar-refractivity contribution in [2.75, 3.05) is 18.9 Å². The maximum Gasteiger partial charge on any atom is 0.142 e. The van der Waals surface area contributed by atoms with Crippen molar-refractivity contribution in [3.8, 4) is 11.5 Å². The van der Waals surface area contributed by atoms with Crippen molar-refractivity contribution in [3.05, 3.63) is 54.1 Å². The Balaban J connectivity index is 1.85. The molecule has 112 valence electrons. The average Bonchev–Trinajstić information content (AvgIpc) is 2.45. The van der Waals surface area contributed by atoms with Gasteiger partial charge in [0.05, 0.1) is 5.69 Å².